The molecule has 0 N–H and O–H groups in total. The minimum absolute atomic E-state index is 0.0342. The molecule has 22 heavy (non-hydrogen) atoms. The van der Waals surface area contributed by atoms with Crippen molar-refractivity contribution in [2.75, 3.05) is 0 Å². The van der Waals surface area contributed by atoms with E-state index in [4.69, 9.17) is 4.42 Å². The molecule has 0 saturated heterocycles. The molecule has 6 nitrogen and oxygen atoms in total. The number of furan rings is 1. The van der Waals surface area contributed by atoms with Crippen LogP contribution in [0.3, 0.4) is 0 Å². The lowest BCUT2D eigenvalue weighted by atomic mass is 10.1. The third-order valence-corrected chi connectivity index (χ3v) is 3.10. The fraction of sp³-hybridized carbons (Fsp3) is 0.0833. The van der Waals surface area contributed by atoms with E-state index in [0.29, 0.717) is 12.4 Å². The largest absolute Gasteiger partial charge is 0.573 e. The number of benzene rings is 1. The summed E-state index contributed by atoms with van der Waals surface area (Å²) in [6, 6.07) is 4.24. The topological polar surface area (TPSA) is 82.6 Å². The molecule has 1 heterocycles. The Hall–Kier alpha value is -2.36. The fourth-order valence-electron chi connectivity index (χ4n) is 1.65. The molecule has 0 aliphatic heterocycles. The average molecular weight is 380 g/mol. The normalized spacial score (nSPS) is 11.3. The molecular weight excluding hydrogens is 375 g/mol. The van der Waals surface area contributed by atoms with E-state index in [-0.39, 0.29) is 21.6 Å². The van der Waals surface area contributed by atoms with Crippen LogP contribution in [0.4, 0.5) is 18.9 Å². The zero-order chi connectivity index (χ0) is 16.5. The Labute approximate surface area is 128 Å². The monoisotopic (exact) mass is 379 g/mol. The fourth-order valence-corrected chi connectivity index (χ4v) is 2.08. The van der Waals surface area contributed by atoms with Gasteiger partial charge in [0.05, 0.1) is 21.0 Å². The maximum absolute atomic E-state index is 12.3. The lowest BCUT2D eigenvalue weighted by Crippen LogP contribution is -2.17. The first-order valence-electron chi connectivity index (χ1n) is 5.50. The number of carbonyl (C=O) groups excluding carboxylic acids is 1. The van der Waals surface area contributed by atoms with Gasteiger partial charge in [-0.2, -0.15) is 0 Å². The van der Waals surface area contributed by atoms with E-state index in [0.717, 1.165) is 6.07 Å². The van der Waals surface area contributed by atoms with Crippen LogP contribution in [0.5, 0.6) is 5.75 Å². The zero-order valence-corrected chi connectivity index (χ0v) is 12.0. The van der Waals surface area contributed by atoms with Crippen LogP contribution in [-0.2, 0) is 0 Å². The van der Waals surface area contributed by atoms with E-state index < -0.39 is 22.7 Å². The third-order valence-electron chi connectivity index (χ3n) is 2.48. The first-order valence-corrected chi connectivity index (χ1v) is 6.29. The summed E-state index contributed by atoms with van der Waals surface area (Å²) < 4.78 is 45.4. The van der Waals surface area contributed by atoms with Crippen LogP contribution in [0.2, 0.25) is 0 Å². The molecular formula is C12H5BrF3NO5. The molecule has 1 aromatic carbocycles. The van der Waals surface area contributed by atoms with Crippen LogP contribution in [0.1, 0.15) is 10.6 Å². The second-order valence-corrected chi connectivity index (χ2v) is 4.78. The van der Waals surface area contributed by atoms with E-state index in [2.05, 4.69) is 20.7 Å². The maximum atomic E-state index is 12.3. The number of nitro groups is 1. The van der Waals surface area contributed by atoms with Crippen molar-refractivity contribution in [3.05, 3.63) is 44.6 Å². The van der Waals surface area contributed by atoms with Gasteiger partial charge < -0.3 is 9.15 Å². The molecule has 0 saturated carbocycles. The van der Waals surface area contributed by atoms with Crippen LogP contribution in [0.25, 0.3) is 11.3 Å². The van der Waals surface area contributed by atoms with E-state index in [1.165, 1.54) is 12.1 Å². The molecule has 10 heteroatoms. The van der Waals surface area contributed by atoms with Gasteiger partial charge in [0.2, 0.25) is 0 Å². The highest BCUT2D eigenvalue weighted by Gasteiger charge is 2.33. The first kappa shape index (κ1) is 16.0. The van der Waals surface area contributed by atoms with Gasteiger partial charge in [-0.3, -0.25) is 14.9 Å². The van der Waals surface area contributed by atoms with Crippen molar-refractivity contribution >= 4 is 27.9 Å². The molecule has 0 amide bonds. The summed E-state index contributed by atoms with van der Waals surface area (Å²) in [5.41, 5.74) is -0.756. The van der Waals surface area contributed by atoms with Crippen LogP contribution in [0, 0.1) is 10.1 Å². The summed E-state index contributed by atoms with van der Waals surface area (Å²) in [7, 11) is 0. The molecule has 2 aromatic rings. The number of nitrogens with zero attached hydrogens (tertiary/aromatic N) is 1. The lowest BCUT2D eigenvalue weighted by molar-refractivity contribution is -0.384. The van der Waals surface area contributed by atoms with E-state index in [1.54, 1.807) is 0 Å². The van der Waals surface area contributed by atoms with E-state index >= 15 is 0 Å². The quantitative estimate of drug-likeness (QED) is 0.448. The maximum Gasteiger partial charge on any atom is 0.573 e. The van der Waals surface area contributed by atoms with Crippen molar-refractivity contribution in [3.8, 4) is 17.1 Å². The van der Waals surface area contributed by atoms with Gasteiger partial charge in [0, 0.05) is 0 Å². The molecule has 116 valence electrons. The van der Waals surface area contributed by atoms with Crippen LogP contribution < -0.4 is 4.74 Å². The van der Waals surface area contributed by atoms with Crippen LogP contribution in [-0.4, -0.2) is 17.6 Å². The number of ether oxygens (including phenoxy) is 1. The van der Waals surface area contributed by atoms with Gasteiger partial charge >= 0.3 is 6.36 Å². The van der Waals surface area contributed by atoms with Crippen LogP contribution in [0.15, 0.2) is 33.2 Å². The van der Waals surface area contributed by atoms with Crippen molar-refractivity contribution in [2.24, 2.45) is 0 Å². The molecule has 0 spiro atoms. The number of halogens is 4. The molecule has 1 aromatic heterocycles. The first-order chi connectivity index (χ1) is 10.2. The number of hydrogen-bond donors (Lipinski definition) is 0. The Balaban J connectivity index is 2.57. The standard InChI is InChI=1S/C12H5BrF3NO5/c13-8-3-7(10-2-1-6(5-18)21-10)9(17(19)20)4-11(8)22-12(14,15)16/h1-5H. The number of nitro benzene ring substituents is 1. The molecule has 0 aliphatic carbocycles. The summed E-state index contributed by atoms with van der Waals surface area (Å²) in [5, 5.41) is 11.0. The number of alkyl halides is 3. The third kappa shape index (κ3) is 3.45. The molecule has 0 unspecified atom stereocenters. The van der Waals surface area contributed by atoms with Gasteiger partial charge in [0.25, 0.3) is 5.69 Å². The Morgan fingerprint density at radius 1 is 1.32 bits per heavy atom. The highest BCUT2D eigenvalue weighted by molar-refractivity contribution is 9.10. The molecule has 0 fully saturated rings. The SMILES string of the molecule is O=Cc1ccc(-c2cc(Br)c(OC(F)(F)F)cc2[N+](=O)[O-])o1. The minimum Gasteiger partial charge on any atom is -0.453 e. The molecule has 0 atom stereocenters. The van der Waals surface area contributed by atoms with Gasteiger partial charge in [-0.1, -0.05) is 0 Å². The molecule has 2 rings (SSSR count). The highest BCUT2D eigenvalue weighted by atomic mass is 79.9. The second kappa shape index (κ2) is 5.79. The highest BCUT2D eigenvalue weighted by Crippen LogP contribution is 2.40. The minimum atomic E-state index is -4.99. The number of carbonyl (C=O) groups is 1. The number of hydrogen-bond acceptors (Lipinski definition) is 5. The second-order valence-electron chi connectivity index (χ2n) is 3.92. The van der Waals surface area contributed by atoms with E-state index in [1.807, 2.05) is 0 Å². The van der Waals surface area contributed by atoms with Gasteiger partial charge in [-0.05, 0) is 34.1 Å². The van der Waals surface area contributed by atoms with Crippen LogP contribution >= 0.6 is 15.9 Å². The van der Waals surface area contributed by atoms with Gasteiger partial charge in [-0.15, -0.1) is 13.2 Å². The van der Waals surface area contributed by atoms with Crippen molar-refractivity contribution in [2.45, 2.75) is 6.36 Å². The van der Waals surface area contributed by atoms with Crippen molar-refractivity contribution in [1.29, 1.82) is 0 Å². The smallest absolute Gasteiger partial charge is 0.453 e. The molecule has 0 aliphatic rings. The summed E-state index contributed by atoms with van der Waals surface area (Å²) in [5.74, 6) is -0.866. The van der Waals surface area contributed by atoms with Gasteiger partial charge in [0.1, 0.15) is 5.76 Å². The number of aldehydes is 1. The summed E-state index contributed by atoms with van der Waals surface area (Å²) >= 11 is 2.85. The van der Waals surface area contributed by atoms with Gasteiger partial charge in [0.15, 0.2) is 17.8 Å². The Bertz CT molecular complexity index is 741. The van der Waals surface area contributed by atoms with Crippen molar-refractivity contribution < 1.29 is 32.0 Å². The number of rotatable bonds is 4. The molecule has 0 bridgehead atoms. The predicted octanol–water partition coefficient (Wildman–Crippen LogP) is 4.33. The summed E-state index contributed by atoms with van der Waals surface area (Å²) in [6.45, 7) is 0. The molecule has 0 radical (unpaired) electrons. The summed E-state index contributed by atoms with van der Waals surface area (Å²) in [6.07, 6.45) is -4.60. The Morgan fingerprint density at radius 2 is 2.00 bits per heavy atom. The predicted molar refractivity (Wildman–Crippen MR) is 70.6 cm³/mol. The lowest BCUT2D eigenvalue weighted by Gasteiger charge is -2.11. The Morgan fingerprint density at radius 3 is 2.50 bits per heavy atom. The van der Waals surface area contributed by atoms with E-state index in [9.17, 15) is 28.1 Å². The zero-order valence-electron chi connectivity index (χ0n) is 10.4. The summed E-state index contributed by atoms with van der Waals surface area (Å²) in [4.78, 5) is 20.7. The van der Waals surface area contributed by atoms with Crippen molar-refractivity contribution in [1.82, 2.24) is 0 Å². The Kier molecular flexibility index (Phi) is 4.22. The van der Waals surface area contributed by atoms with Crippen molar-refractivity contribution in [3.63, 3.8) is 0 Å². The van der Waals surface area contributed by atoms with Gasteiger partial charge in [-0.25, -0.2) is 0 Å². The average Bonchev–Trinajstić information content (AvgIpc) is 2.87.